The van der Waals surface area contributed by atoms with E-state index >= 15 is 0 Å². The molecule has 0 unspecified atom stereocenters. The summed E-state index contributed by atoms with van der Waals surface area (Å²) in [7, 11) is -1.49. The summed E-state index contributed by atoms with van der Waals surface area (Å²) in [6.07, 6.45) is 4.47. The van der Waals surface area contributed by atoms with Crippen molar-refractivity contribution in [2.24, 2.45) is 0 Å². The summed E-state index contributed by atoms with van der Waals surface area (Å²) in [5, 5.41) is 0.339. The van der Waals surface area contributed by atoms with Gasteiger partial charge in [0, 0.05) is 6.61 Å². The largest absolute Gasteiger partial charge is 0.417 e. The maximum absolute atomic E-state index is 6.04. The van der Waals surface area contributed by atoms with Gasteiger partial charge in [-0.3, -0.25) is 0 Å². The van der Waals surface area contributed by atoms with E-state index < -0.39 is 8.32 Å². The molecular weight excluding hydrogens is 303 g/mol. The highest BCUT2D eigenvalue weighted by atomic mass is 127. The Morgan fingerprint density at radius 2 is 1.86 bits per heavy atom. The number of allylic oxidation sites excluding steroid dienone is 1. The van der Waals surface area contributed by atoms with Crippen LogP contribution in [-0.4, -0.2) is 14.9 Å². The average molecular weight is 326 g/mol. The molecule has 0 aliphatic heterocycles. The molecule has 0 aliphatic rings. The molecule has 0 N–H and O–H groups in total. The standard InChI is InChI=1S/C11H23IOSi/c1-11(2,3)14(4,5)13-10-8-6-7-9-12/h7,9H,6,8,10H2,1-5H3. The fraction of sp³-hybridized carbons (Fsp3) is 0.818. The van der Waals surface area contributed by atoms with Crippen LogP contribution in [-0.2, 0) is 4.43 Å². The molecule has 0 rings (SSSR count). The minimum Gasteiger partial charge on any atom is -0.417 e. The molecule has 0 saturated carbocycles. The van der Waals surface area contributed by atoms with E-state index in [2.05, 4.69) is 66.6 Å². The van der Waals surface area contributed by atoms with Gasteiger partial charge in [-0.05, 0) is 35.1 Å². The van der Waals surface area contributed by atoms with Crippen LogP contribution in [0.5, 0.6) is 0 Å². The molecular formula is C11H23IOSi. The van der Waals surface area contributed by atoms with Crippen LogP contribution in [0.15, 0.2) is 10.2 Å². The van der Waals surface area contributed by atoms with Crippen molar-refractivity contribution >= 4 is 30.9 Å². The number of unbranched alkanes of at least 4 members (excludes halogenated alkanes) is 1. The lowest BCUT2D eigenvalue weighted by atomic mass is 10.2. The average Bonchev–Trinajstić information content (AvgIpc) is 2.02. The van der Waals surface area contributed by atoms with E-state index in [1.165, 1.54) is 0 Å². The number of halogens is 1. The Kier molecular flexibility index (Phi) is 6.57. The lowest BCUT2D eigenvalue weighted by Gasteiger charge is -2.36. The van der Waals surface area contributed by atoms with Crippen LogP contribution in [0.1, 0.15) is 33.6 Å². The van der Waals surface area contributed by atoms with E-state index in [-0.39, 0.29) is 0 Å². The Hall–Kier alpha value is 0.647. The Labute approximate surface area is 104 Å². The summed E-state index contributed by atoms with van der Waals surface area (Å²) in [6, 6.07) is 0. The van der Waals surface area contributed by atoms with Gasteiger partial charge in [0.05, 0.1) is 0 Å². The van der Waals surface area contributed by atoms with Gasteiger partial charge in [0.15, 0.2) is 8.32 Å². The van der Waals surface area contributed by atoms with Gasteiger partial charge in [0.2, 0.25) is 0 Å². The normalized spacial score (nSPS) is 13.9. The molecule has 0 radical (unpaired) electrons. The first kappa shape index (κ1) is 14.6. The summed E-state index contributed by atoms with van der Waals surface area (Å²) in [6.45, 7) is 12.4. The topological polar surface area (TPSA) is 9.23 Å². The maximum Gasteiger partial charge on any atom is 0.191 e. The minimum absolute atomic E-state index is 0.339. The molecule has 84 valence electrons. The van der Waals surface area contributed by atoms with Crippen molar-refractivity contribution in [1.29, 1.82) is 0 Å². The third kappa shape index (κ3) is 5.51. The van der Waals surface area contributed by atoms with Gasteiger partial charge in [-0.1, -0.05) is 49.4 Å². The van der Waals surface area contributed by atoms with Crippen LogP contribution in [0.3, 0.4) is 0 Å². The summed E-state index contributed by atoms with van der Waals surface area (Å²) < 4.78 is 8.12. The van der Waals surface area contributed by atoms with Gasteiger partial charge in [-0.15, -0.1) is 0 Å². The third-order valence-electron chi connectivity index (χ3n) is 2.87. The maximum atomic E-state index is 6.04. The van der Waals surface area contributed by atoms with Crippen LogP contribution in [0.2, 0.25) is 18.1 Å². The molecule has 0 amide bonds. The monoisotopic (exact) mass is 326 g/mol. The van der Waals surface area contributed by atoms with Gasteiger partial charge in [-0.2, -0.15) is 0 Å². The van der Waals surface area contributed by atoms with Gasteiger partial charge in [-0.25, -0.2) is 0 Å². The van der Waals surface area contributed by atoms with Crippen molar-refractivity contribution in [2.45, 2.75) is 51.7 Å². The zero-order chi connectivity index (χ0) is 11.2. The second kappa shape index (κ2) is 6.28. The van der Waals surface area contributed by atoms with E-state index in [1.54, 1.807) is 0 Å². The van der Waals surface area contributed by atoms with Crippen molar-refractivity contribution in [3.8, 4) is 0 Å². The molecule has 0 spiro atoms. The van der Waals surface area contributed by atoms with E-state index in [4.69, 9.17) is 4.43 Å². The highest BCUT2D eigenvalue weighted by molar-refractivity contribution is 14.1. The first-order chi connectivity index (χ1) is 6.31. The van der Waals surface area contributed by atoms with Crippen molar-refractivity contribution in [3.63, 3.8) is 0 Å². The van der Waals surface area contributed by atoms with Crippen molar-refractivity contribution in [1.82, 2.24) is 0 Å². The smallest absolute Gasteiger partial charge is 0.191 e. The molecule has 3 heteroatoms. The Bertz CT molecular complexity index is 182. The molecule has 0 aromatic carbocycles. The van der Waals surface area contributed by atoms with E-state index in [1.807, 2.05) is 0 Å². The quantitative estimate of drug-likeness (QED) is 0.403. The summed E-state index contributed by atoms with van der Waals surface area (Å²) in [5.74, 6) is 0. The van der Waals surface area contributed by atoms with Crippen molar-refractivity contribution in [2.75, 3.05) is 6.61 Å². The second-order valence-electron chi connectivity index (χ2n) is 5.11. The number of hydrogen-bond donors (Lipinski definition) is 0. The zero-order valence-electron chi connectivity index (χ0n) is 10.1. The molecule has 0 aliphatic carbocycles. The van der Waals surface area contributed by atoms with Crippen LogP contribution < -0.4 is 0 Å². The molecule has 0 aromatic heterocycles. The van der Waals surface area contributed by atoms with Crippen molar-refractivity contribution < 1.29 is 4.43 Å². The Morgan fingerprint density at radius 1 is 1.29 bits per heavy atom. The lowest BCUT2D eigenvalue weighted by molar-refractivity contribution is 0.283. The fourth-order valence-corrected chi connectivity index (χ4v) is 2.26. The minimum atomic E-state index is -1.49. The molecule has 0 bridgehead atoms. The molecule has 1 nitrogen and oxygen atoms in total. The number of hydrogen-bond acceptors (Lipinski definition) is 1. The van der Waals surface area contributed by atoms with Crippen LogP contribution in [0.4, 0.5) is 0 Å². The van der Waals surface area contributed by atoms with Crippen LogP contribution >= 0.6 is 22.6 Å². The molecule has 0 atom stereocenters. The predicted molar refractivity (Wildman–Crippen MR) is 75.5 cm³/mol. The van der Waals surface area contributed by atoms with Gasteiger partial charge in [0.1, 0.15) is 0 Å². The second-order valence-corrected chi connectivity index (χ2v) is 10.6. The van der Waals surface area contributed by atoms with Crippen LogP contribution in [0, 0.1) is 0 Å². The Balaban J connectivity index is 3.77. The lowest BCUT2D eigenvalue weighted by Crippen LogP contribution is -2.40. The first-order valence-electron chi connectivity index (χ1n) is 5.20. The summed E-state index contributed by atoms with van der Waals surface area (Å²) >= 11 is 2.26. The first-order valence-corrected chi connectivity index (χ1v) is 9.36. The van der Waals surface area contributed by atoms with E-state index in [0.29, 0.717) is 5.04 Å². The fourth-order valence-electron chi connectivity index (χ4n) is 0.808. The molecule has 14 heavy (non-hydrogen) atoms. The highest BCUT2D eigenvalue weighted by Crippen LogP contribution is 2.36. The zero-order valence-corrected chi connectivity index (χ0v) is 13.2. The van der Waals surface area contributed by atoms with Gasteiger partial charge in [0.25, 0.3) is 0 Å². The molecule has 0 fully saturated rings. The van der Waals surface area contributed by atoms with E-state index in [0.717, 1.165) is 19.4 Å². The third-order valence-corrected chi connectivity index (χ3v) is 7.92. The van der Waals surface area contributed by atoms with Crippen LogP contribution in [0.25, 0.3) is 0 Å². The highest BCUT2D eigenvalue weighted by Gasteiger charge is 2.36. The van der Waals surface area contributed by atoms with Gasteiger partial charge < -0.3 is 4.43 Å². The Morgan fingerprint density at radius 3 is 2.29 bits per heavy atom. The van der Waals surface area contributed by atoms with Crippen molar-refractivity contribution in [3.05, 3.63) is 10.2 Å². The summed E-state index contributed by atoms with van der Waals surface area (Å²) in [4.78, 5) is 0. The molecule has 0 saturated heterocycles. The summed E-state index contributed by atoms with van der Waals surface area (Å²) in [5.41, 5.74) is 0. The number of rotatable bonds is 5. The molecule has 0 aromatic rings. The SMILES string of the molecule is CC(C)(C)[Si](C)(C)OCCCC=CI. The molecule has 0 heterocycles. The van der Waals surface area contributed by atoms with Gasteiger partial charge >= 0.3 is 0 Å². The predicted octanol–water partition coefficient (Wildman–Crippen LogP) is 4.74. The van der Waals surface area contributed by atoms with E-state index in [9.17, 15) is 0 Å².